The second-order valence-electron chi connectivity index (χ2n) is 6.69. The molecule has 1 aromatic heterocycles. The fraction of sp³-hybridized carbons (Fsp3) is 0.750. The Balaban J connectivity index is 1.56. The lowest BCUT2D eigenvalue weighted by Gasteiger charge is -2.42. The first-order valence-electron chi connectivity index (χ1n) is 8.55. The van der Waals surface area contributed by atoms with Gasteiger partial charge in [0, 0.05) is 56.5 Å². The summed E-state index contributed by atoms with van der Waals surface area (Å²) in [6.45, 7) is 6.02. The van der Waals surface area contributed by atoms with E-state index in [9.17, 15) is 0 Å². The molecule has 0 bridgehead atoms. The van der Waals surface area contributed by atoms with E-state index < -0.39 is 0 Å². The van der Waals surface area contributed by atoms with E-state index in [1.165, 1.54) is 0 Å². The number of nitrogens with two attached hydrogens (primary N) is 1. The number of piperazine rings is 1. The fourth-order valence-corrected chi connectivity index (χ4v) is 4.02. The van der Waals surface area contributed by atoms with Crippen molar-refractivity contribution in [2.24, 2.45) is 10.7 Å². The van der Waals surface area contributed by atoms with Crippen LogP contribution in [0.1, 0.15) is 12.8 Å². The second-order valence-corrected chi connectivity index (χ2v) is 7.57. The molecule has 134 valence electrons. The average Bonchev–Trinajstić information content (AvgIpc) is 3.15. The zero-order valence-electron chi connectivity index (χ0n) is 14.6. The van der Waals surface area contributed by atoms with Crippen LogP contribution in [-0.2, 0) is 4.74 Å². The van der Waals surface area contributed by atoms with Crippen molar-refractivity contribution in [3.63, 3.8) is 0 Å². The van der Waals surface area contributed by atoms with Gasteiger partial charge in [-0.05, 0) is 26.9 Å². The van der Waals surface area contributed by atoms with E-state index in [1.54, 1.807) is 11.3 Å². The smallest absolute Gasteiger partial charge is 0.191 e. The number of ether oxygens (including phenoxy) is 1. The van der Waals surface area contributed by atoms with Crippen LogP contribution in [0.15, 0.2) is 16.6 Å². The molecule has 2 fully saturated rings. The Morgan fingerprint density at radius 1 is 1.33 bits per heavy atom. The Labute approximate surface area is 148 Å². The van der Waals surface area contributed by atoms with Gasteiger partial charge in [-0.1, -0.05) is 0 Å². The molecule has 2 saturated heterocycles. The quantitative estimate of drug-likeness (QED) is 0.635. The van der Waals surface area contributed by atoms with Crippen LogP contribution in [0.4, 0.5) is 5.13 Å². The van der Waals surface area contributed by atoms with Crippen molar-refractivity contribution in [2.45, 2.75) is 18.4 Å². The van der Waals surface area contributed by atoms with Crippen molar-refractivity contribution in [3.8, 4) is 0 Å². The summed E-state index contributed by atoms with van der Waals surface area (Å²) in [6.07, 6.45) is 3.87. The first-order valence-corrected chi connectivity index (χ1v) is 9.43. The highest BCUT2D eigenvalue weighted by Gasteiger charge is 2.34. The molecule has 0 amide bonds. The van der Waals surface area contributed by atoms with E-state index in [-0.39, 0.29) is 5.54 Å². The SMILES string of the molecule is CN(C)C1(CN=C(N)N2CCN(c3nccs3)CC2)CCOCC1. The summed E-state index contributed by atoms with van der Waals surface area (Å²) in [5.41, 5.74) is 6.36. The number of nitrogens with zero attached hydrogens (tertiary/aromatic N) is 5. The molecular formula is C16H28N6OS. The molecule has 2 N–H and O–H groups in total. The van der Waals surface area contributed by atoms with Gasteiger partial charge in [-0.2, -0.15) is 0 Å². The van der Waals surface area contributed by atoms with E-state index >= 15 is 0 Å². The van der Waals surface area contributed by atoms with E-state index in [0.717, 1.165) is 63.9 Å². The summed E-state index contributed by atoms with van der Waals surface area (Å²) in [6, 6.07) is 0. The minimum absolute atomic E-state index is 0.0750. The van der Waals surface area contributed by atoms with Crippen LogP contribution < -0.4 is 10.6 Å². The summed E-state index contributed by atoms with van der Waals surface area (Å²) >= 11 is 1.69. The molecule has 0 saturated carbocycles. The molecule has 3 heterocycles. The van der Waals surface area contributed by atoms with Crippen molar-refractivity contribution in [2.75, 3.05) is 64.9 Å². The summed E-state index contributed by atoms with van der Waals surface area (Å²) < 4.78 is 5.52. The van der Waals surface area contributed by atoms with Gasteiger partial charge in [0.25, 0.3) is 0 Å². The Bertz CT molecular complexity index is 533. The van der Waals surface area contributed by atoms with Crippen LogP contribution >= 0.6 is 11.3 Å². The van der Waals surface area contributed by atoms with Gasteiger partial charge in [-0.25, -0.2) is 4.98 Å². The number of hydrogen-bond donors (Lipinski definition) is 1. The van der Waals surface area contributed by atoms with Crippen LogP contribution in [0.2, 0.25) is 0 Å². The highest BCUT2D eigenvalue weighted by Crippen LogP contribution is 2.26. The molecule has 24 heavy (non-hydrogen) atoms. The van der Waals surface area contributed by atoms with Crippen LogP contribution in [0.5, 0.6) is 0 Å². The lowest BCUT2D eigenvalue weighted by molar-refractivity contribution is -0.00261. The van der Waals surface area contributed by atoms with Gasteiger partial charge in [0.1, 0.15) is 0 Å². The second kappa shape index (κ2) is 7.67. The van der Waals surface area contributed by atoms with Gasteiger partial charge in [0.2, 0.25) is 0 Å². The molecule has 7 nitrogen and oxygen atoms in total. The standard InChI is InChI=1S/C16H28N6OS/c1-20(2)16(3-10-23-11-4-16)13-19-14(17)21-6-8-22(9-7-21)15-18-5-12-24-15/h5,12H,3-4,6-11,13H2,1-2H3,(H2,17,19). The molecular weight excluding hydrogens is 324 g/mol. The monoisotopic (exact) mass is 352 g/mol. The zero-order valence-corrected chi connectivity index (χ0v) is 15.5. The molecule has 0 atom stereocenters. The lowest BCUT2D eigenvalue weighted by atomic mass is 9.89. The number of aliphatic imine (C=N–C) groups is 1. The number of rotatable bonds is 4. The summed E-state index contributed by atoms with van der Waals surface area (Å²) in [7, 11) is 4.26. The Morgan fingerprint density at radius 2 is 2.04 bits per heavy atom. The maximum Gasteiger partial charge on any atom is 0.191 e. The number of thiazole rings is 1. The summed E-state index contributed by atoms with van der Waals surface area (Å²) in [5, 5.41) is 3.12. The molecule has 0 spiro atoms. The molecule has 2 aliphatic rings. The molecule has 0 aromatic carbocycles. The van der Waals surface area contributed by atoms with E-state index in [4.69, 9.17) is 15.5 Å². The largest absolute Gasteiger partial charge is 0.381 e. The third-order valence-electron chi connectivity index (χ3n) is 5.20. The van der Waals surface area contributed by atoms with Gasteiger partial charge >= 0.3 is 0 Å². The molecule has 8 heteroatoms. The Morgan fingerprint density at radius 3 is 2.62 bits per heavy atom. The third kappa shape index (κ3) is 3.81. The molecule has 2 aliphatic heterocycles. The first-order chi connectivity index (χ1) is 11.6. The Hall–Kier alpha value is -1.38. The zero-order chi connectivity index (χ0) is 17.0. The van der Waals surface area contributed by atoms with Gasteiger partial charge < -0.3 is 25.2 Å². The van der Waals surface area contributed by atoms with Crippen LogP contribution in [0.3, 0.4) is 0 Å². The number of hydrogen-bond acceptors (Lipinski definition) is 6. The Kier molecular flexibility index (Phi) is 5.57. The normalized spacial score (nSPS) is 22.2. The fourth-order valence-electron chi connectivity index (χ4n) is 3.33. The van der Waals surface area contributed by atoms with Crippen molar-refractivity contribution in [1.82, 2.24) is 14.8 Å². The van der Waals surface area contributed by atoms with Crippen LogP contribution in [0.25, 0.3) is 0 Å². The highest BCUT2D eigenvalue weighted by molar-refractivity contribution is 7.13. The molecule has 0 unspecified atom stereocenters. The maximum absolute atomic E-state index is 6.28. The van der Waals surface area contributed by atoms with E-state index in [2.05, 4.69) is 33.8 Å². The number of guanidine groups is 1. The van der Waals surface area contributed by atoms with Crippen molar-refractivity contribution >= 4 is 22.4 Å². The van der Waals surface area contributed by atoms with Gasteiger partial charge in [0.15, 0.2) is 11.1 Å². The van der Waals surface area contributed by atoms with E-state index in [1.807, 2.05) is 11.6 Å². The van der Waals surface area contributed by atoms with Gasteiger partial charge in [0.05, 0.1) is 6.54 Å². The number of aromatic nitrogens is 1. The van der Waals surface area contributed by atoms with Gasteiger partial charge in [-0.15, -0.1) is 11.3 Å². The number of anilines is 1. The molecule has 0 aliphatic carbocycles. The maximum atomic E-state index is 6.28. The first kappa shape index (κ1) is 17.4. The minimum Gasteiger partial charge on any atom is -0.381 e. The molecule has 3 rings (SSSR count). The van der Waals surface area contributed by atoms with Gasteiger partial charge in [-0.3, -0.25) is 4.99 Å². The van der Waals surface area contributed by atoms with Crippen molar-refractivity contribution in [1.29, 1.82) is 0 Å². The van der Waals surface area contributed by atoms with Crippen molar-refractivity contribution in [3.05, 3.63) is 11.6 Å². The summed E-state index contributed by atoms with van der Waals surface area (Å²) in [5.74, 6) is 0.668. The van der Waals surface area contributed by atoms with E-state index in [0.29, 0.717) is 5.96 Å². The lowest BCUT2D eigenvalue weighted by Crippen LogP contribution is -2.53. The summed E-state index contributed by atoms with van der Waals surface area (Å²) in [4.78, 5) is 15.9. The average molecular weight is 353 g/mol. The predicted octanol–water partition coefficient (Wildman–Crippen LogP) is 0.691. The van der Waals surface area contributed by atoms with Crippen LogP contribution in [0, 0.1) is 0 Å². The molecule has 1 aromatic rings. The minimum atomic E-state index is 0.0750. The molecule has 0 radical (unpaired) electrons. The van der Waals surface area contributed by atoms with Crippen molar-refractivity contribution < 1.29 is 4.74 Å². The van der Waals surface area contributed by atoms with Crippen LogP contribution in [-0.4, -0.2) is 86.3 Å². The number of likely N-dealkylation sites (N-methyl/N-ethyl adjacent to an activating group) is 1. The highest BCUT2D eigenvalue weighted by atomic mass is 32.1. The third-order valence-corrected chi connectivity index (χ3v) is 6.03. The predicted molar refractivity (Wildman–Crippen MR) is 98.9 cm³/mol. The topological polar surface area (TPSA) is 70.2 Å².